The lowest BCUT2D eigenvalue weighted by Gasteiger charge is -2.29. The van der Waals surface area contributed by atoms with E-state index in [1.54, 1.807) is 67.2 Å². The molecule has 3 N–H and O–H groups in total. The Morgan fingerprint density at radius 2 is 1.96 bits per heavy atom. The van der Waals surface area contributed by atoms with Crippen LogP contribution in [0.15, 0.2) is 54.9 Å². The first-order valence-corrected chi connectivity index (χ1v) is 15.7. The summed E-state index contributed by atoms with van der Waals surface area (Å²) >= 11 is 0. The van der Waals surface area contributed by atoms with E-state index in [1.165, 1.54) is 11.0 Å². The molecule has 15 heteroatoms. The quantitative estimate of drug-likeness (QED) is 0.208. The van der Waals surface area contributed by atoms with Gasteiger partial charge in [0.1, 0.15) is 29.5 Å². The normalized spacial score (nSPS) is 18.4. The molecule has 2 aromatic carbocycles. The van der Waals surface area contributed by atoms with Crippen LogP contribution in [-0.2, 0) is 27.4 Å². The summed E-state index contributed by atoms with van der Waals surface area (Å²) < 4.78 is 27.5. The fourth-order valence-corrected chi connectivity index (χ4v) is 6.21. The molecular formula is C33H37FN8O6. The molecular weight excluding hydrogens is 623 g/mol. The van der Waals surface area contributed by atoms with Gasteiger partial charge in [-0.05, 0) is 48.1 Å². The molecule has 14 nitrogen and oxygen atoms in total. The lowest BCUT2D eigenvalue weighted by atomic mass is 10.0. The zero-order valence-corrected chi connectivity index (χ0v) is 26.8. The van der Waals surface area contributed by atoms with Crippen molar-refractivity contribution in [2.45, 2.75) is 58.0 Å². The maximum atomic E-state index is 15.4. The molecule has 0 radical (unpaired) electrons. The van der Waals surface area contributed by atoms with E-state index in [4.69, 9.17) is 9.47 Å². The first-order valence-electron chi connectivity index (χ1n) is 15.7. The van der Waals surface area contributed by atoms with Gasteiger partial charge >= 0.3 is 12.2 Å². The van der Waals surface area contributed by atoms with Crippen molar-refractivity contribution in [1.82, 2.24) is 35.2 Å². The zero-order valence-electron chi connectivity index (χ0n) is 26.8. The number of carboxylic acid groups (broad SMARTS) is 1. The van der Waals surface area contributed by atoms with Gasteiger partial charge in [0.15, 0.2) is 0 Å². The Morgan fingerprint density at radius 1 is 1.19 bits per heavy atom. The van der Waals surface area contributed by atoms with E-state index in [0.29, 0.717) is 54.4 Å². The molecule has 2 aromatic heterocycles. The summed E-state index contributed by atoms with van der Waals surface area (Å²) in [4.78, 5) is 48.2. The SMILES string of the molecule is COCc1cn(C[C@H]2CN(c3ccc(-c4ccc(-c5cnc([C@@H]6CCCN6C(=O)[C@@H](NC(=O)O)C(C)C)[nH]5)cc4)c(F)c3)C(=O)O2)nn1. The molecule has 6 rings (SSSR count). The van der Waals surface area contributed by atoms with E-state index in [1.807, 2.05) is 12.1 Å². The second-order valence-corrected chi connectivity index (χ2v) is 12.3. The van der Waals surface area contributed by atoms with Gasteiger partial charge in [0.05, 0.1) is 49.5 Å². The number of amides is 3. The monoisotopic (exact) mass is 660 g/mol. The number of halogens is 1. The number of benzene rings is 2. The minimum absolute atomic E-state index is 0.211. The highest BCUT2D eigenvalue weighted by Gasteiger charge is 2.37. The van der Waals surface area contributed by atoms with Gasteiger partial charge in [-0.25, -0.2) is 23.6 Å². The summed E-state index contributed by atoms with van der Waals surface area (Å²) in [6.07, 6.45) is 2.63. The maximum Gasteiger partial charge on any atom is 0.414 e. The molecule has 0 unspecified atom stereocenters. The fraction of sp³-hybridized carbons (Fsp3) is 0.394. The Hall–Kier alpha value is -5.31. The second-order valence-electron chi connectivity index (χ2n) is 12.3. The number of nitrogens with one attached hydrogen (secondary N) is 2. The molecule has 4 aromatic rings. The van der Waals surface area contributed by atoms with Crippen LogP contribution < -0.4 is 10.2 Å². The molecule has 0 spiro atoms. The number of imidazole rings is 1. The Labute approximate surface area is 275 Å². The first kappa shape index (κ1) is 32.6. The number of ether oxygens (including phenoxy) is 2. The number of nitrogens with zero attached hydrogens (tertiary/aromatic N) is 6. The molecule has 4 heterocycles. The molecule has 0 aliphatic carbocycles. The number of aromatic nitrogens is 5. The third-order valence-electron chi connectivity index (χ3n) is 8.57. The van der Waals surface area contributed by atoms with Crippen molar-refractivity contribution in [3.05, 3.63) is 72.2 Å². The van der Waals surface area contributed by atoms with Crippen LogP contribution >= 0.6 is 0 Å². The van der Waals surface area contributed by atoms with E-state index in [2.05, 4.69) is 25.6 Å². The number of hydrogen-bond acceptors (Lipinski definition) is 8. The maximum absolute atomic E-state index is 15.4. The van der Waals surface area contributed by atoms with Crippen LogP contribution in [-0.4, -0.2) is 85.4 Å². The van der Waals surface area contributed by atoms with Gasteiger partial charge < -0.3 is 29.8 Å². The number of rotatable bonds is 11. The van der Waals surface area contributed by atoms with E-state index in [9.17, 15) is 19.5 Å². The molecule has 0 bridgehead atoms. The van der Waals surface area contributed by atoms with Gasteiger partial charge in [-0.3, -0.25) is 9.69 Å². The number of anilines is 1. The topological polar surface area (TPSA) is 168 Å². The highest BCUT2D eigenvalue weighted by Crippen LogP contribution is 2.34. The van der Waals surface area contributed by atoms with E-state index in [0.717, 1.165) is 17.7 Å². The van der Waals surface area contributed by atoms with E-state index >= 15 is 4.39 Å². The average molecular weight is 661 g/mol. The van der Waals surface area contributed by atoms with Gasteiger partial charge in [-0.2, -0.15) is 0 Å². The number of hydrogen-bond donors (Lipinski definition) is 3. The number of carbonyl (C=O) groups is 3. The Balaban J connectivity index is 1.11. The van der Waals surface area contributed by atoms with Gasteiger partial charge in [-0.1, -0.05) is 43.3 Å². The van der Waals surface area contributed by atoms with Crippen molar-refractivity contribution in [2.24, 2.45) is 5.92 Å². The Morgan fingerprint density at radius 3 is 2.67 bits per heavy atom. The molecule has 252 valence electrons. The van der Waals surface area contributed by atoms with Crippen LogP contribution in [0, 0.1) is 11.7 Å². The van der Waals surface area contributed by atoms with E-state index in [-0.39, 0.29) is 24.4 Å². The molecule has 2 aliphatic rings. The van der Waals surface area contributed by atoms with Crippen LogP contribution in [0.5, 0.6) is 0 Å². The van der Waals surface area contributed by atoms with Crippen molar-refractivity contribution >= 4 is 23.8 Å². The van der Waals surface area contributed by atoms with E-state index < -0.39 is 30.1 Å². The molecule has 0 saturated carbocycles. The molecule has 3 amide bonds. The summed E-state index contributed by atoms with van der Waals surface area (Å²) in [5.41, 5.74) is 3.64. The number of carbonyl (C=O) groups excluding carboxylic acids is 2. The second kappa shape index (κ2) is 13.8. The van der Waals surface area contributed by atoms with Crippen molar-refractivity contribution in [2.75, 3.05) is 25.1 Å². The minimum Gasteiger partial charge on any atom is -0.465 e. The van der Waals surface area contributed by atoms with Crippen LogP contribution in [0.4, 0.5) is 19.7 Å². The zero-order chi connectivity index (χ0) is 33.9. The molecule has 3 atom stereocenters. The van der Waals surface area contributed by atoms with Gasteiger partial charge in [-0.15, -0.1) is 5.10 Å². The largest absolute Gasteiger partial charge is 0.465 e. The molecule has 2 saturated heterocycles. The lowest BCUT2D eigenvalue weighted by Crippen LogP contribution is -2.50. The standard InChI is InChI=1S/C33H37FN8O6/c1-19(2)29(37-32(44)45)31(43)41-12-4-5-28(41)30-35-14-27(36-30)21-8-6-20(7-9-21)25-11-10-23(13-26(25)34)42-17-24(48-33(42)46)16-40-15-22(18-47-3)38-39-40/h6-11,13-15,19,24,28-29,37H,4-5,12,16-18H2,1-3H3,(H,35,36)(H,44,45)/t24-,28-,29-/m0/s1. The van der Waals surface area contributed by atoms with Crippen molar-refractivity contribution < 1.29 is 33.4 Å². The van der Waals surface area contributed by atoms with Crippen molar-refractivity contribution in [1.29, 1.82) is 0 Å². The van der Waals surface area contributed by atoms with Gasteiger partial charge in [0.25, 0.3) is 0 Å². The van der Waals surface area contributed by atoms with Gasteiger partial charge in [0, 0.05) is 19.2 Å². The number of H-pyrrole nitrogens is 1. The number of aromatic amines is 1. The van der Waals surface area contributed by atoms with Crippen LogP contribution in [0.2, 0.25) is 0 Å². The smallest absolute Gasteiger partial charge is 0.414 e. The van der Waals surface area contributed by atoms with Crippen LogP contribution in [0.3, 0.4) is 0 Å². The highest BCUT2D eigenvalue weighted by molar-refractivity contribution is 5.90. The van der Waals surface area contributed by atoms with Crippen molar-refractivity contribution in [3.8, 4) is 22.4 Å². The Kier molecular flexibility index (Phi) is 9.39. The molecule has 48 heavy (non-hydrogen) atoms. The first-order chi connectivity index (χ1) is 23.1. The lowest BCUT2D eigenvalue weighted by molar-refractivity contribution is -0.135. The van der Waals surface area contributed by atoms with Crippen molar-refractivity contribution in [3.63, 3.8) is 0 Å². The summed E-state index contributed by atoms with van der Waals surface area (Å²) in [6, 6.07) is 10.8. The third kappa shape index (κ3) is 6.86. The number of likely N-dealkylation sites (tertiary alicyclic amines) is 1. The summed E-state index contributed by atoms with van der Waals surface area (Å²) in [5.74, 6) is -0.337. The Bertz CT molecular complexity index is 1790. The van der Waals surface area contributed by atoms with Gasteiger partial charge in [0.2, 0.25) is 5.91 Å². The third-order valence-corrected chi connectivity index (χ3v) is 8.57. The summed E-state index contributed by atoms with van der Waals surface area (Å²) in [6.45, 7) is 5.00. The average Bonchev–Trinajstić information content (AvgIpc) is 3.87. The minimum atomic E-state index is -1.24. The molecule has 2 fully saturated rings. The fourth-order valence-electron chi connectivity index (χ4n) is 6.21. The molecule has 2 aliphatic heterocycles. The predicted octanol–water partition coefficient (Wildman–Crippen LogP) is 4.60. The summed E-state index contributed by atoms with van der Waals surface area (Å²) in [5, 5.41) is 19.6. The van der Waals surface area contributed by atoms with Crippen LogP contribution in [0.25, 0.3) is 22.4 Å². The highest BCUT2D eigenvalue weighted by atomic mass is 19.1. The van der Waals surface area contributed by atoms with Crippen LogP contribution in [0.1, 0.15) is 44.2 Å². The summed E-state index contributed by atoms with van der Waals surface area (Å²) in [7, 11) is 1.57. The number of cyclic esters (lactones) is 1. The number of methoxy groups -OCH3 is 1. The predicted molar refractivity (Wildman–Crippen MR) is 171 cm³/mol.